The summed E-state index contributed by atoms with van der Waals surface area (Å²) in [6.45, 7) is 0.740. The molecule has 0 saturated heterocycles. The zero-order valence-corrected chi connectivity index (χ0v) is 13.8. The molecule has 0 amide bonds. The van der Waals surface area contributed by atoms with Crippen molar-refractivity contribution in [1.82, 2.24) is 5.10 Å². The number of benzene rings is 3. The molecule has 114 valence electrons. The molecule has 0 saturated carbocycles. The van der Waals surface area contributed by atoms with Crippen LogP contribution in [0.3, 0.4) is 0 Å². The van der Waals surface area contributed by atoms with Gasteiger partial charge in [-0.05, 0) is 18.2 Å². The average molecular weight is 341 g/mol. The Hall–Kier alpha value is -2.16. The van der Waals surface area contributed by atoms with E-state index in [1.807, 2.05) is 47.1 Å². The van der Waals surface area contributed by atoms with Crippen molar-refractivity contribution >= 4 is 33.4 Å². The van der Waals surface area contributed by atoms with Crippen molar-refractivity contribution in [3.8, 4) is 0 Å². The first-order valence-electron chi connectivity index (χ1n) is 7.23. The first kappa shape index (κ1) is 15.7. The van der Waals surface area contributed by atoms with E-state index in [-0.39, 0.29) is 12.4 Å². The van der Waals surface area contributed by atoms with Crippen LogP contribution in [0.25, 0.3) is 21.8 Å². The van der Waals surface area contributed by atoms with Crippen LogP contribution in [0.2, 0.25) is 5.02 Å². The molecule has 0 fully saturated rings. The molecule has 0 radical (unpaired) electrons. The summed E-state index contributed by atoms with van der Waals surface area (Å²) < 4.78 is 2.04. The molecule has 0 aliphatic heterocycles. The van der Waals surface area contributed by atoms with Gasteiger partial charge in [-0.1, -0.05) is 64.8 Å². The Morgan fingerprint density at radius 2 is 1.57 bits per heavy atom. The molecular weight excluding hydrogens is 327 g/mol. The summed E-state index contributed by atoms with van der Waals surface area (Å²) in [5, 5.41) is 7.81. The molecule has 2 nitrogen and oxygen atoms in total. The van der Waals surface area contributed by atoms with Crippen molar-refractivity contribution in [1.29, 1.82) is 0 Å². The number of halogens is 2. The van der Waals surface area contributed by atoms with Crippen LogP contribution in [0.4, 0.5) is 0 Å². The second kappa shape index (κ2) is 6.53. The quantitative estimate of drug-likeness (QED) is 0.398. The number of nitrogens with zero attached hydrogens (tertiary/aromatic N) is 2. The van der Waals surface area contributed by atoms with Gasteiger partial charge in [-0.2, -0.15) is 0 Å². The average Bonchev–Trinajstić information content (AvgIpc) is 2.56. The van der Waals surface area contributed by atoms with E-state index in [2.05, 4.69) is 30.3 Å². The van der Waals surface area contributed by atoms with Gasteiger partial charge in [0, 0.05) is 27.1 Å². The van der Waals surface area contributed by atoms with E-state index in [9.17, 15) is 0 Å². The van der Waals surface area contributed by atoms with Crippen LogP contribution in [0.1, 0.15) is 5.56 Å². The second-order valence-corrected chi connectivity index (χ2v) is 5.76. The van der Waals surface area contributed by atoms with E-state index in [1.54, 1.807) is 0 Å². The van der Waals surface area contributed by atoms with Crippen LogP contribution in [0, 0.1) is 0 Å². The van der Waals surface area contributed by atoms with Crippen LogP contribution < -0.4 is 17.1 Å². The van der Waals surface area contributed by atoms with Crippen LogP contribution in [-0.4, -0.2) is 5.10 Å². The maximum Gasteiger partial charge on any atom is 0.240 e. The summed E-state index contributed by atoms with van der Waals surface area (Å²) >= 11 is 6.20. The molecule has 0 unspecified atom stereocenters. The lowest BCUT2D eigenvalue weighted by atomic mass is 10.1. The van der Waals surface area contributed by atoms with Crippen molar-refractivity contribution in [3.05, 3.63) is 83.4 Å². The molecule has 0 spiro atoms. The fourth-order valence-electron chi connectivity index (χ4n) is 2.80. The normalized spacial score (nSPS) is 10.7. The largest absolute Gasteiger partial charge is 1.00 e. The van der Waals surface area contributed by atoms with Gasteiger partial charge in [-0.15, -0.1) is 0 Å². The Morgan fingerprint density at radius 1 is 0.826 bits per heavy atom. The summed E-state index contributed by atoms with van der Waals surface area (Å²) in [6.07, 6.45) is 0. The van der Waals surface area contributed by atoms with E-state index in [0.29, 0.717) is 0 Å². The van der Waals surface area contributed by atoms with Crippen molar-refractivity contribution in [2.24, 2.45) is 0 Å². The van der Waals surface area contributed by atoms with Gasteiger partial charge in [-0.3, -0.25) is 0 Å². The smallest absolute Gasteiger partial charge is 0.240 e. The highest BCUT2D eigenvalue weighted by molar-refractivity contribution is 6.31. The summed E-state index contributed by atoms with van der Waals surface area (Å²) in [4.78, 5) is 0. The Labute approximate surface area is 145 Å². The molecule has 0 atom stereocenters. The lowest BCUT2D eigenvalue weighted by molar-refractivity contribution is -0.719. The van der Waals surface area contributed by atoms with Gasteiger partial charge in [0.1, 0.15) is 5.52 Å². The van der Waals surface area contributed by atoms with Crippen molar-refractivity contribution in [3.63, 3.8) is 0 Å². The Balaban J connectivity index is 0.00000156. The summed E-state index contributed by atoms with van der Waals surface area (Å²) in [7, 11) is 0. The molecule has 23 heavy (non-hydrogen) atoms. The van der Waals surface area contributed by atoms with Crippen LogP contribution >= 0.6 is 11.6 Å². The molecule has 4 aromatic rings. The number of rotatable bonds is 2. The number of hydrogen-bond acceptors (Lipinski definition) is 1. The Morgan fingerprint density at radius 3 is 2.39 bits per heavy atom. The number of aromatic nitrogens is 2. The molecule has 0 aliphatic rings. The minimum Gasteiger partial charge on any atom is -1.00 e. The zero-order chi connectivity index (χ0) is 14.9. The second-order valence-electron chi connectivity index (χ2n) is 5.32. The lowest BCUT2D eigenvalue weighted by Crippen LogP contribution is -3.00. The minimum atomic E-state index is 0. The molecule has 0 bridgehead atoms. The third-order valence-electron chi connectivity index (χ3n) is 3.83. The Bertz CT molecular complexity index is 969. The van der Waals surface area contributed by atoms with E-state index in [0.717, 1.165) is 33.4 Å². The van der Waals surface area contributed by atoms with Crippen molar-refractivity contribution in [2.75, 3.05) is 0 Å². The first-order chi connectivity index (χ1) is 10.8. The monoisotopic (exact) mass is 340 g/mol. The van der Waals surface area contributed by atoms with Crippen LogP contribution in [0.15, 0.2) is 72.8 Å². The highest BCUT2D eigenvalue weighted by Gasteiger charge is 2.16. The van der Waals surface area contributed by atoms with E-state index in [1.165, 1.54) is 5.56 Å². The van der Waals surface area contributed by atoms with Gasteiger partial charge in [0.15, 0.2) is 6.54 Å². The van der Waals surface area contributed by atoms with Gasteiger partial charge in [-0.25, -0.2) is 0 Å². The standard InChI is InChI=1S/C19H14ClN2.ClH/c20-15-10-11-19-17(12-15)16-8-4-5-9-18(16)21-22(19)13-14-6-2-1-3-7-14;/h1-12H,13H2;1H/q+1;/p-1. The van der Waals surface area contributed by atoms with E-state index in [4.69, 9.17) is 16.7 Å². The van der Waals surface area contributed by atoms with Gasteiger partial charge in [0.25, 0.3) is 0 Å². The van der Waals surface area contributed by atoms with E-state index >= 15 is 0 Å². The first-order valence-corrected chi connectivity index (χ1v) is 7.61. The molecule has 0 aliphatic carbocycles. The van der Waals surface area contributed by atoms with Gasteiger partial charge >= 0.3 is 0 Å². The fourth-order valence-corrected chi connectivity index (χ4v) is 2.97. The molecule has 1 aromatic heterocycles. The predicted molar refractivity (Wildman–Crippen MR) is 90.0 cm³/mol. The minimum absolute atomic E-state index is 0. The highest BCUT2D eigenvalue weighted by Crippen LogP contribution is 2.24. The van der Waals surface area contributed by atoms with E-state index < -0.39 is 0 Å². The maximum atomic E-state index is 6.20. The summed E-state index contributed by atoms with van der Waals surface area (Å²) in [5.74, 6) is 0. The molecule has 1 heterocycles. The lowest BCUT2D eigenvalue weighted by Gasteiger charge is -2.04. The molecule has 3 aromatic carbocycles. The van der Waals surface area contributed by atoms with Gasteiger partial charge in [0.05, 0.1) is 5.39 Å². The van der Waals surface area contributed by atoms with Gasteiger partial charge in [0.2, 0.25) is 5.52 Å². The van der Waals surface area contributed by atoms with Gasteiger partial charge < -0.3 is 12.4 Å². The topological polar surface area (TPSA) is 16.8 Å². The number of fused-ring (bicyclic) bond motifs is 3. The van der Waals surface area contributed by atoms with Crippen molar-refractivity contribution in [2.45, 2.75) is 6.54 Å². The molecule has 4 rings (SSSR count). The number of hydrogen-bond donors (Lipinski definition) is 0. The molecule has 0 N–H and O–H groups in total. The molecular formula is C19H14Cl2N2. The third kappa shape index (κ3) is 3.00. The third-order valence-corrected chi connectivity index (χ3v) is 4.07. The van der Waals surface area contributed by atoms with Crippen molar-refractivity contribution < 1.29 is 17.1 Å². The Kier molecular flexibility index (Phi) is 4.46. The maximum absolute atomic E-state index is 6.20. The van der Waals surface area contributed by atoms with Crippen LogP contribution in [-0.2, 0) is 6.54 Å². The zero-order valence-electron chi connectivity index (χ0n) is 12.3. The highest BCUT2D eigenvalue weighted by atomic mass is 35.5. The summed E-state index contributed by atoms with van der Waals surface area (Å²) in [6, 6.07) is 24.5. The SMILES string of the molecule is Clc1ccc2c(c1)c1ccccc1n[n+]2Cc1ccccc1.[Cl-]. The summed E-state index contributed by atoms with van der Waals surface area (Å²) in [5.41, 5.74) is 3.30. The fraction of sp³-hybridized carbons (Fsp3) is 0.0526. The predicted octanol–water partition coefficient (Wildman–Crippen LogP) is 1.38. The molecule has 4 heteroatoms. The van der Waals surface area contributed by atoms with Crippen LogP contribution in [0.5, 0.6) is 0 Å².